The Morgan fingerprint density at radius 3 is 2.25 bits per heavy atom. The predicted molar refractivity (Wildman–Crippen MR) is 64.1 cm³/mol. The lowest BCUT2D eigenvalue weighted by Gasteiger charge is -2.11. The second kappa shape index (κ2) is 3.77. The van der Waals surface area contributed by atoms with Crippen LogP contribution in [0.25, 0.3) is 0 Å². The van der Waals surface area contributed by atoms with E-state index in [9.17, 15) is 9.90 Å². The van der Waals surface area contributed by atoms with Gasteiger partial charge < -0.3 is 10.4 Å². The van der Waals surface area contributed by atoms with Crippen molar-refractivity contribution in [1.82, 2.24) is 0 Å². The maximum absolute atomic E-state index is 11.6. The molecule has 0 radical (unpaired) electrons. The number of amides is 1. The quantitative estimate of drug-likeness (QED) is 0.818. The molecule has 3 nitrogen and oxygen atoms in total. The minimum Gasteiger partial charge on any atom is -0.377 e. The minimum atomic E-state index is -1.70. The highest BCUT2D eigenvalue weighted by molar-refractivity contribution is 6.54. The summed E-state index contributed by atoms with van der Waals surface area (Å²) in [6.07, 6.45) is 0.0303. The van der Waals surface area contributed by atoms with Gasteiger partial charge in [0, 0.05) is 17.1 Å². The zero-order valence-corrected chi connectivity index (χ0v) is 10.3. The van der Waals surface area contributed by atoms with Crippen LogP contribution in [0.5, 0.6) is 0 Å². The first-order chi connectivity index (χ1) is 7.35. The number of nitrogens with one attached hydrogen (secondary N) is 1. The van der Waals surface area contributed by atoms with Crippen molar-refractivity contribution in [1.29, 1.82) is 0 Å². The van der Waals surface area contributed by atoms with E-state index in [2.05, 4.69) is 5.32 Å². The van der Waals surface area contributed by atoms with Gasteiger partial charge in [0.2, 0.25) is 0 Å². The maximum atomic E-state index is 11.6. The lowest BCUT2D eigenvalue weighted by Crippen LogP contribution is -2.34. The molecule has 1 aliphatic rings. The van der Waals surface area contributed by atoms with E-state index in [0.29, 0.717) is 10.7 Å². The molecule has 86 valence electrons. The molecule has 1 aromatic carbocycles. The van der Waals surface area contributed by atoms with Crippen molar-refractivity contribution in [3.05, 3.63) is 29.3 Å². The highest BCUT2D eigenvalue weighted by Crippen LogP contribution is 2.57. The number of hydrogen-bond donors (Lipinski definition) is 2. The molecular weight excluding hydrogens is 272 g/mol. The molecule has 0 spiro atoms. The fourth-order valence-electron chi connectivity index (χ4n) is 1.29. The van der Waals surface area contributed by atoms with Crippen molar-refractivity contribution in [3.8, 4) is 0 Å². The van der Waals surface area contributed by atoms with Crippen molar-refractivity contribution in [2.24, 2.45) is 0 Å². The van der Waals surface area contributed by atoms with Crippen molar-refractivity contribution >= 4 is 46.4 Å². The Labute approximate surface area is 107 Å². The van der Waals surface area contributed by atoms with Crippen LogP contribution in [-0.4, -0.2) is 20.9 Å². The first-order valence-electron chi connectivity index (χ1n) is 4.52. The van der Waals surface area contributed by atoms with Crippen LogP contribution in [0.15, 0.2) is 24.3 Å². The molecule has 16 heavy (non-hydrogen) atoms. The summed E-state index contributed by atoms with van der Waals surface area (Å²) in [6, 6.07) is 6.50. The number of carbonyl (C=O) groups excluding carboxylic acids is 1. The molecular formula is C10H8Cl3NO2. The summed E-state index contributed by atoms with van der Waals surface area (Å²) in [5.41, 5.74) is -1.17. The van der Waals surface area contributed by atoms with Crippen molar-refractivity contribution in [3.63, 3.8) is 0 Å². The standard InChI is InChI=1S/C10H8Cl3NO2/c11-6-1-3-7(4-2-6)14-8(15)9(16)5-10(9,12)13/h1-4,16H,5H2,(H,14,15). The molecule has 1 saturated carbocycles. The Morgan fingerprint density at radius 2 is 1.81 bits per heavy atom. The van der Waals surface area contributed by atoms with Gasteiger partial charge in [0.05, 0.1) is 0 Å². The molecule has 0 bridgehead atoms. The molecule has 1 aromatic rings. The van der Waals surface area contributed by atoms with E-state index in [1.54, 1.807) is 24.3 Å². The van der Waals surface area contributed by atoms with Gasteiger partial charge in [-0.1, -0.05) is 34.8 Å². The van der Waals surface area contributed by atoms with Crippen LogP contribution in [0.1, 0.15) is 6.42 Å². The maximum Gasteiger partial charge on any atom is 0.259 e. The summed E-state index contributed by atoms with van der Waals surface area (Å²) in [6.45, 7) is 0. The fraction of sp³-hybridized carbons (Fsp3) is 0.300. The molecule has 1 aliphatic carbocycles. The largest absolute Gasteiger partial charge is 0.377 e. The third kappa shape index (κ3) is 2.00. The summed E-state index contributed by atoms with van der Waals surface area (Å²) in [7, 11) is 0. The number of alkyl halides is 2. The van der Waals surface area contributed by atoms with Gasteiger partial charge in [-0.2, -0.15) is 0 Å². The molecule has 0 saturated heterocycles. The second-order valence-electron chi connectivity index (χ2n) is 3.70. The second-order valence-corrected chi connectivity index (χ2v) is 5.62. The molecule has 6 heteroatoms. The highest BCUT2D eigenvalue weighted by Gasteiger charge is 2.71. The Kier molecular flexibility index (Phi) is 2.83. The zero-order chi connectivity index (χ0) is 12.0. The first kappa shape index (κ1) is 12.0. The Balaban J connectivity index is 2.07. The van der Waals surface area contributed by atoms with E-state index in [1.807, 2.05) is 0 Å². The predicted octanol–water partition coefficient (Wildman–Crippen LogP) is 2.59. The number of rotatable bonds is 2. The SMILES string of the molecule is O=C(Nc1ccc(Cl)cc1)C1(O)CC1(Cl)Cl. The van der Waals surface area contributed by atoms with Crippen LogP contribution in [-0.2, 0) is 4.79 Å². The van der Waals surface area contributed by atoms with E-state index >= 15 is 0 Å². The minimum absolute atomic E-state index is 0.0303. The summed E-state index contributed by atoms with van der Waals surface area (Å²) >= 11 is 17.0. The van der Waals surface area contributed by atoms with Gasteiger partial charge in [0.1, 0.15) is 0 Å². The van der Waals surface area contributed by atoms with Crippen LogP contribution in [0.3, 0.4) is 0 Å². The third-order valence-electron chi connectivity index (χ3n) is 2.44. The summed E-state index contributed by atoms with van der Waals surface area (Å²) in [4.78, 5) is 11.6. The van der Waals surface area contributed by atoms with E-state index in [0.717, 1.165) is 0 Å². The van der Waals surface area contributed by atoms with E-state index in [1.165, 1.54) is 0 Å². The Morgan fingerprint density at radius 1 is 1.31 bits per heavy atom. The first-order valence-corrected chi connectivity index (χ1v) is 5.66. The number of halogens is 3. The third-order valence-corrected chi connectivity index (χ3v) is 3.58. The van der Waals surface area contributed by atoms with Crippen LogP contribution in [0.2, 0.25) is 5.02 Å². The molecule has 0 aliphatic heterocycles. The average molecular weight is 281 g/mol. The molecule has 0 heterocycles. The lowest BCUT2D eigenvalue weighted by molar-refractivity contribution is -0.126. The van der Waals surface area contributed by atoms with Gasteiger partial charge in [-0.3, -0.25) is 4.79 Å². The number of benzene rings is 1. The van der Waals surface area contributed by atoms with Gasteiger partial charge in [-0.25, -0.2) is 0 Å². The average Bonchev–Trinajstić information content (AvgIpc) is 2.71. The summed E-state index contributed by atoms with van der Waals surface area (Å²) in [5, 5.41) is 12.8. The number of anilines is 1. The molecule has 1 amide bonds. The van der Waals surface area contributed by atoms with E-state index in [4.69, 9.17) is 34.8 Å². The number of hydrogen-bond acceptors (Lipinski definition) is 2. The summed E-state index contributed by atoms with van der Waals surface area (Å²) in [5.74, 6) is -0.611. The number of aliphatic hydroxyl groups is 1. The molecule has 1 unspecified atom stereocenters. The molecule has 1 atom stereocenters. The van der Waals surface area contributed by atoms with Crippen LogP contribution >= 0.6 is 34.8 Å². The van der Waals surface area contributed by atoms with Crippen LogP contribution in [0.4, 0.5) is 5.69 Å². The van der Waals surface area contributed by atoms with Gasteiger partial charge in [0.15, 0.2) is 9.93 Å². The summed E-state index contributed by atoms with van der Waals surface area (Å²) < 4.78 is -1.39. The normalized spacial score (nSPS) is 26.2. The van der Waals surface area contributed by atoms with Crippen molar-refractivity contribution in [2.75, 3.05) is 5.32 Å². The molecule has 2 N–H and O–H groups in total. The highest BCUT2D eigenvalue weighted by atomic mass is 35.5. The van der Waals surface area contributed by atoms with Gasteiger partial charge in [-0.05, 0) is 24.3 Å². The van der Waals surface area contributed by atoms with E-state index in [-0.39, 0.29) is 6.42 Å². The van der Waals surface area contributed by atoms with Gasteiger partial charge in [-0.15, -0.1) is 0 Å². The smallest absolute Gasteiger partial charge is 0.259 e. The van der Waals surface area contributed by atoms with Crippen LogP contribution in [0, 0.1) is 0 Å². The Hall–Kier alpha value is -0.480. The Bertz CT molecular complexity index is 432. The zero-order valence-electron chi connectivity index (χ0n) is 8.01. The van der Waals surface area contributed by atoms with Gasteiger partial charge >= 0.3 is 0 Å². The van der Waals surface area contributed by atoms with E-state index < -0.39 is 15.8 Å². The molecule has 2 rings (SSSR count). The van der Waals surface area contributed by atoms with Crippen LogP contribution < -0.4 is 5.32 Å². The monoisotopic (exact) mass is 279 g/mol. The van der Waals surface area contributed by atoms with Crippen molar-refractivity contribution in [2.45, 2.75) is 16.4 Å². The lowest BCUT2D eigenvalue weighted by atomic mass is 10.2. The van der Waals surface area contributed by atoms with Gasteiger partial charge in [0.25, 0.3) is 5.91 Å². The van der Waals surface area contributed by atoms with Crippen molar-refractivity contribution < 1.29 is 9.90 Å². The molecule has 0 aromatic heterocycles. The topological polar surface area (TPSA) is 49.3 Å². The number of carbonyl (C=O) groups is 1. The fourth-order valence-corrected chi connectivity index (χ4v) is 1.98. The molecule has 1 fully saturated rings.